The summed E-state index contributed by atoms with van der Waals surface area (Å²) in [4.78, 5) is 4.36. The fourth-order valence-corrected chi connectivity index (χ4v) is 4.20. The van der Waals surface area contributed by atoms with Crippen LogP contribution in [-0.4, -0.2) is 33.6 Å². The van der Waals surface area contributed by atoms with Crippen LogP contribution in [0.25, 0.3) is 0 Å². The Labute approximate surface area is 107 Å². The molecule has 0 saturated carbocycles. The maximum absolute atomic E-state index is 4.36. The highest BCUT2D eigenvalue weighted by molar-refractivity contribution is 7.99. The zero-order chi connectivity index (χ0) is 11.5. The third-order valence-electron chi connectivity index (χ3n) is 3.90. The van der Waals surface area contributed by atoms with Gasteiger partial charge in [-0.2, -0.15) is 11.8 Å². The number of hydrogen-bond donors (Lipinski definition) is 1. The molecule has 3 nitrogen and oxygen atoms in total. The van der Waals surface area contributed by atoms with E-state index in [4.69, 9.17) is 0 Å². The second-order valence-corrected chi connectivity index (χ2v) is 6.56. The highest BCUT2D eigenvalue weighted by Crippen LogP contribution is 2.28. The predicted octanol–water partition coefficient (Wildman–Crippen LogP) is 2.25. The van der Waals surface area contributed by atoms with Crippen LogP contribution in [0.5, 0.6) is 0 Å². The van der Waals surface area contributed by atoms with Crippen molar-refractivity contribution in [1.82, 2.24) is 14.9 Å². The maximum atomic E-state index is 4.36. The lowest BCUT2D eigenvalue weighted by Gasteiger charge is -2.23. The van der Waals surface area contributed by atoms with Gasteiger partial charge in [0.2, 0.25) is 0 Å². The molecule has 94 valence electrons. The zero-order valence-electron chi connectivity index (χ0n) is 10.3. The van der Waals surface area contributed by atoms with E-state index in [1.807, 2.05) is 6.33 Å². The lowest BCUT2D eigenvalue weighted by atomic mass is 10.1. The number of nitrogens with zero attached hydrogens (tertiary/aromatic N) is 2. The van der Waals surface area contributed by atoms with Gasteiger partial charge in [0.1, 0.15) is 0 Å². The van der Waals surface area contributed by atoms with Crippen molar-refractivity contribution in [2.24, 2.45) is 0 Å². The Balaban J connectivity index is 1.67. The van der Waals surface area contributed by atoms with Crippen LogP contribution in [0.15, 0.2) is 12.5 Å². The van der Waals surface area contributed by atoms with Crippen molar-refractivity contribution in [3.05, 3.63) is 18.2 Å². The van der Waals surface area contributed by atoms with Crippen molar-refractivity contribution in [3.8, 4) is 0 Å². The summed E-state index contributed by atoms with van der Waals surface area (Å²) < 4.78 is 2.40. The second-order valence-electron chi connectivity index (χ2n) is 5.15. The monoisotopic (exact) mass is 251 g/mol. The summed E-state index contributed by atoms with van der Waals surface area (Å²) in [6.45, 7) is 3.45. The summed E-state index contributed by atoms with van der Waals surface area (Å²) in [5.41, 5.74) is 1.45. The molecule has 2 aliphatic rings. The molecule has 3 heterocycles. The first kappa shape index (κ1) is 11.6. The largest absolute Gasteiger partial charge is 0.333 e. The molecule has 2 atom stereocenters. The number of aromatic nitrogens is 2. The first-order valence-corrected chi connectivity index (χ1v) is 7.81. The minimum Gasteiger partial charge on any atom is -0.333 e. The molecule has 0 bridgehead atoms. The Morgan fingerprint density at radius 1 is 1.41 bits per heavy atom. The summed E-state index contributed by atoms with van der Waals surface area (Å²) in [6, 6.07) is 0. The molecule has 0 spiro atoms. The van der Waals surface area contributed by atoms with Gasteiger partial charge in [0.05, 0.1) is 6.33 Å². The highest BCUT2D eigenvalue weighted by Gasteiger charge is 2.22. The number of hydrogen-bond acceptors (Lipinski definition) is 3. The van der Waals surface area contributed by atoms with Crippen LogP contribution in [-0.2, 0) is 6.54 Å². The smallest absolute Gasteiger partial charge is 0.0948 e. The number of thioether (sulfide) groups is 1. The quantitative estimate of drug-likeness (QED) is 0.893. The lowest BCUT2D eigenvalue weighted by Crippen LogP contribution is -2.19. The molecule has 0 aromatic carbocycles. The Bertz CT molecular complexity index is 351. The van der Waals surface area contributed by atoms with E-state index in [-0.39, 0.29) is 0 Å². The first-order chi connectivity index (χ1) is 8.43. The molecular formula is C13H21N3S. The van der Waals surface area contributed by atoms with E-state index in [0.717, 1.165) is 24.9 Å². The van der Waals surface area contributed by atoms with E-state index < -0.39 is 0 Å². The summed E-state index contributed by atoms with van der Waals surface area (Å²) in [7, 11) is 0. The summed E-state index contributed by atoms with van der Waals surface area (Å²) >= 11 is 2.15. The van der Waals surface area contributed by atoms with Gasteiger partial charge in [-0.05, 0) is 31.6 Å². The van der Waals surface area contributed by atoms with E-state index in [0.29, 0.717) is 5.92 Å². The van der Waals surface area contributed by atoms with Crippen molar-refractivity contribution < 1.29 is 0 Å². The van der Waals surface area contributed by atoms with Gasteiger partial charge in [-0.15, -0.1) is 0 Å². The van der Waals surface area contributed by atoms with E-state index >= 15 is 0 Å². The molecule has 1 aromatic rings. The molecule has 0 aliphatic carbocycles. The fraction of sp³-hybridized carbons (Fsp3) is 0.769. The molecule has 4 heteroatoms. The molecule has 2 aliphatic heterocycles. The van der Waals surface area contributed by atoms with Crippen LogP contribution in [0.3, 0.4) is 0 Å². The molecule has 17 heavy (non-hydrogen) atoms. The highest BCUT2D eigenvalue weighted by atomic mass is 32.2. The van der Waals surface area contributed by atoms with E-state index in [2.05, 4.69) is 32.8 Å². The van der Waals surface area contributed by atoms with Crippen molar-refractivity contribution in [2.75, 3.05) is 18.8 Å². The topological polar surface area (TPSA) is 29.9 Å². The van der Waals surface area contributed by atoms with Gasteiger partial charge in [0.25, 0.3) is 0 Å². The van der Waals surface area contributed by atoms with Gasteiger partial charge in [0.15, 0.2) is 0 Å². The number of imidazole rings is 1. The third kappa shape index (κ3) is 2.68. The average Bonchev–Trinajstić information content (AvgIpc) is 3.00. The number of rotatable bonds is 3. The van der Waals surface area contributed by atoms with Crippen LogP contribution in [0.4, 0.5) is 0 Å². The molecule has 0 radical (unpaired) electrons. The average molecular weight is 251 g/mol. The minimum absolute atomic E-state index is 0.686. The number of nitrogens with one attached hydrogen (secondary N) is 1. The molecule has 2 fully saturated rings. The third-order valence-corrected chi connectivity index (χ3v) is 5.28. The standard InChI is InChI=1S/C13H21N3S/c1-2-6-17-12(3-1)9-16-10-15-8-13(16)11-4-5-14-7-11/h8,10-12,14H,1-7,9H2. The molecule has 0 amide bonds. The molecule has 2 saturated heterocycles. The Kier molecular flexibility index (Phi) is 3.71. The maximum Gasteiger partial charge on any atom is 0.0948 e. The Morgan fingerprint density at radius 2 is 2.41 bits per heavy atom. The SMILES string of the molecule is c1ncn(CC2CCCCS2)c1C1CCNC1. The van der Waals surface area contributed by atoms with Gasteiger partial charge in [-0.3, -0.25) is 0 Å². The minimum atomic E-state index is 0.686. The van der Waals surface area contributed by atoms with E-state index in [1.165, 1.54) is 37.1 Å². The van der Waals surface area contributed by atoms with E-state index in [1.54, 1.807) is 0 Å². The lowest BCUT2D eigenvalue weighted by molar-refractivity contribution is 0.553. The van der Waals surface area contributed by atoms with Crippen molar-refractivity contribution in [2.45, 2.75) is 43.4 Å². The predicted molar refractivity (Wildman–Crippen MR) is 72.6 cm³/mol. The van der Waals surface area contributed by atoms with Crippen molar-refractivity contribution >= 4 is 11.8 Å². The first-order valence-electron chi connectivity index (χ1n) is 6.76. The van der Waals surface area contributed by atoms with Gasteiger partial charge in [-0.25, -0.2) is 4.98 Å². The second kappa shape index (κ2) is 5.44. The molecule has 3 rings (SSSR count). The fourth-order valence-electron chi connectivity index (χ4n) is 2.90. The Morgan fingerprint density at radius 3 is 3.18 bits per heavy atom. The van der Waals surface area contributed by atoms with Gasteiger partial charge in [0, 0.05) is 36.1 Å². The van der Waals surface area contributed by atoms with Gasteiger partial charge >= 0.3 is 0 Å². The van der Waals surface area contributed by atoms with Gasteiger partial charge in [-0.1, -0.05) is 6.42 Å². The summed E-state index contributed by atoms with van der Waals surface area (Å²) in [5, 5.41) is 4.26. The zero-order valence-corrected chi connectivity index (χ0v) is 11.1. The molecule has 2 unspecified atom stereocenters. The van der Waals surface area contributed by atoms with Crippen LogP contribution in [0.2, 0.25) is 0 Å². The molecule has 1 N–H and O–H groups in total. The van der Waals surface area contributed by atoms with Crippen molar-refractivity contribution in [1.29, 1.82) is 0 Å². The van der Waals surface area contributed by atoms with Crippen molar-refractivity contribution in [3.63, 3.8) is 0 Å². The van der Waals surface area contributed by atoms with Crippen LogP contribution in [0, 0.1) is 0 Å². The summed E-state index contributed by atoms with van der Waals surface area (Å²) in [5.74, 6) is 2.03. The van der Waals surface area contributed by atoms with Crippen LogP contribution >= 0.6 is 11.8 Å². The van der Waals surface area contributed by atoms with E-state index in [9.17, 15) is 0 Å². The van der Waals surface area contributed by atoms with Crippen LogP contribution < -0.4 is 5.32 Å². The van der Waals surface area contributed by atoms with Gasteiger partial charge < -0.3 is 9.88 Å². The van der Waals surface area contributed by atoms with Crippen LogP contribution in [0.1, 0.15) is 37.3 Å². The molecule has 1 aromatic heterocycles. The summed E-state index contributed by atoms with van der Waals surface area (Å²) in [6.07, 6.45) is 9.57. The Hall–Kier alpha value is -0.480. The normalized spacial score (nSPS) is 29.6. The molecular weight excluding hydrogens is 230 g/mol.